The van der Waals surface area contributed by atoms with Crippen LogP contribution < -0.4 is 14.9 Å². The lowest BCUT2D eigenvalue weighted by Gasteiger charge is -2.29. The van der Waals surface area contributed by atoms with Crippen LogP contribution in [0.1, 0.15) is 25.7 Å². The molecule has 6 nitrogen and oxygen atoms in total. The van der Waals surface area contributed by atoms with Gasteiger partial charge in [-0.05, 0) is 55.1 Å². The normalized spacial score (nSPS) is 16.1. The van der Waals surface area contributed by atoms with Gasteiger partial charge in [-0.15, -0.1) is 0 Å². The first kappa shape index (κ1) is 25.8. The van der Waals surface area contributed by atoms with Crippen molar-refractivity contribution < 1.29 is 13.2 Å². The zero-order valence-corrected chi connectivity index (χ0v) is 22.2. The van der Waals surface area contributed by atoms with Gasteiger partial charge in [-0.25, -0.2) is 17.9 Å². The van der Waals surface area contributed by atoms with Gasteiger partial charge in [0.05, 0.1) is 17.1 Å². The molecule has 2 fully saturated rings. The van der Waals surface area contributed by atoms with E-state index in [2.05, 4.69) is 15.0 Å². The number of aromatic nitrogens is 3. The first-order valence-electron chi connectivity index (χ1n) is 13.2. The molecule has 0 amide bonds. The molecule has 0 spiro atoms. The van der Waals surface area contributed by atoms with E-state index in [1.807, 2.05) is 4.90 Å². The summed E-state index contributed by atoms with van der Waals surface area (Å²) in [6.45, 7) is 3.05. The van der Waals surface area contributed by atoms with E-state index in [9.17, 15) is 4.39 Å². The van der Waals surface area contributed by atoms with Crippen LogP contribution in [-0.2, 0) is 0 Å². The summed E-state index contributed by atoms with van der Waals surface area (Å²) in [4.78, 5) is 6.08. The predicted molar refractivity (Wildman–Crippen MR) is 151 cm³/mol. The molecule has 2 aromatic heterocycles. The summed E-state index contributed by atoms with van der Waals surface area (Å²) in [6.07, 6.45) is 9.29. The maximum Gasteiger partial charge on any atom is 0.155 e. The Kier molecular flexibility index (Phi) is 7.47. The van der Waals surface area contributed by atoms with E-state index < -0.39 is 11.6 Å². The van der Waals surface area contributed by atoms with E-state index >= 15 is 8.78 Å². The number of pyridine rings is 1. The van der Waals surface area contributed by atoms with Crippen molar-refractivity contribution in [2.24, 2.45) is 0 Å². The molecule has 39 heavy (non-hydrogen) atoms. The first-order valence-corrected chi connectivity index (χ1v) is 14.1. The molecular formula is C29H29F3N6S. The van der Waals surface area contributed by atoms with Gasteiger partial charge in [0.2, 0.25) is 0 Å². The molecule has 1 saturated carbocycles. The molecule has 2 aromatic carbocycles. The molecule has 10 heteroatoms. The lowest BCUT2D eigenvalue weighted by Crippen LogP contribution is -2.43. The van der Waals surface area contributed by atoms with E-state index in [0.29, 0.717) is 33.4 Å². The van der Waals surface area contributed by atoms with Crippen molar-refractivity contribution in [2.75, 3.05) is 35.8 Å². The number of anilines is 2. The Morgan fingerprint density at radius 1 is 0.923 bits per heavy atom. The number of hydrogen-bond acceptors (Lipinski definition) is 6. The van der Waals surface area contributed by atoms with Crippen LogP contribution >= 0.6 is 11.9 Å². The van der Waals surface area contributed by atoms with Gasteiger partial charge in [0, 0.05) is 78.8 Å². The Morgan fingerprint density at radius 2 is 1.69 bits per heavy atom. The highest BCUT2D eigenvalue weighted by molar-refractivity contribution is 8.01. The highest BCUT2D eigenvalue weighted by atomic mass is 32.2. The number of nitrogens with zero attached hydrogens (tertiary/aromatic N) is 4. The fourth-order valence-corrected chi connectivity index (χ4v) is 6.25. The summed E-state index contributed by atoms with van der Waals surface area (Å²) in [5.74, 6) is -1.47. The van der Waals surface area contributed by atoms with Gasteiger partial charge in [0.15, 0.2) is 5.82 Å². The number of benzene rings is 2. The van der Waals surface area contributed by atoms with E-state index in [1.165, 1.54) is 34.8 Å². The van der Waals surface area contributed by atoms with Crippen LogP contribution in [0.3, 0.4) is 0 Å². The van der Waals surface area contributed by atoms with Gasteiger partial charge in [-0.1, -0.05) is 12.8 Å². The lowest BCUT2D eigenvalue weighted by atomic mass is 10.0. The number of rotatable bonds is 7. The Morgan fingerprint density at radius 3 is 2.44 bits per heavy atom. The summed E-state index contributed by atoms with van der Waals surface area (Å²) < 4.78 is 50.5. The van der Waals surface area contributed by atoms with Crippen molar-refractivity contribution in [1.82, 2.24) is 20.1 Å². The van der Waals surface area contributed by atoms with Gasteiger partial charge in [0.1, 0.15) is 17.3 Å². The quantitative estimate of drug-likeness (QED) is 0.259. The summed E-state index contributed by atoms with van der Waals surface area (Å²) in [5.41, 5.74) is 2.74. The Bertz CT molecular complexity index is 1450. The molecule has 1 aliphatic carbocycles. The molecule has 0 radical (unpaired) electrons. The predicted octanol–water partition coefficient (Wildman–Crippen LogP) is 6.43. The fourth-order valence-electron chi connectivity index (χ4n) is 5.24. The standard InChI is InChI=1S/C29H29F3N6S/c30-20-15-23(28(32)26(16-20)36-39-22-3-1-2-4-22)24-18-38(35-29(24)19-7-9-33-10-8-19)21-5-6-27(25(31)17-21)37-13-11-34-12-14-37/h5-10,15-18,22,34,36H,1-4,11-14H2. The molecule has 4 aromatic rings. The van der Waals surface area contributed by atoms with Crippen LogP contribution in [-0.4, -0.2) is 46.2 Å². The zero-order valence-electron chi connectivity index (χ0n) is 21.3. The van der Waals surface area contributed by atoms with E-state index in [0.717, 1.165) is 51.9 Å². The van der Waals surface area contributed by atoms with Crippen LogP contribution in [0, 0.1) is 17.5 Å². The second-order valence-electron chi connectivity index (χ2n) is 9.89. The Hall–Kier alpha value is -3.50. The van der Waals surface area contributed by atoms with Crippen molar-refractivity contribution in [3.05, 3.63) is 78.5 Å². The Balaban J connectivity index is 1.39. The van der Waals surface area contributed by atoms with Crippen molar-refractivity contribution in [1.29, 1.82) is 0 Å². The van der Waals surface area contributed by atoms with Gasteiger partial charge in [0.25, 0.3) is 0 Å². The topological polar surface area (TPSA) is 58.0 Å². The lowest BCUT2D eigenvalue weighted by molar-refractivity contribution is 0.566. The van der Waals surface area contributed by atoms with Crippen LogP contribution in [0.2, 0.25) is 0 Å². The van der Waals surface area contributed by atoms with Crippen molar-refractivity contribution >= 4 is 23.3 Å². The monoisotopic (exact) mass is 550 g/mol. The SMILES string of the molecule is Fc1cc(NSC2CCCC2)c(F)c(-c2cn(-c3ccc(N4CCNCC4)c(F)c3)nc2-c2ccncc2)c1. The Labute approximate surface area is 229 Å². The molecule has 1 aliphatic heterocycles. The van der Waals surface area contributed by atoms with Crippen molar-refractivity contribution in [2.45, 2.75) is 30.9 Å². The summed E-state index contributed by atoms with van der Waals surface area (Å²) in [5, 5.41) is 8.35. The third-order valence-corrected chi connectivity index (χ3v) is 8.43. The van der Waals surface area contributed by atoms with Crippen LogP contribution in [0.4, 0.5) is 24.5 Å². The minimum absolute atomic E-state index is 0.0838. The van der Waals surface area contributed by atoms with Gasteiger partial charge >= 0.3 is 0 Å². The second kappa shape index (κ2) is 11.3. The molecule has 1 saturated heterocycles. The number of piperazine rings is 1. The molecule has 0 atom stereocenters. The average molecular weight is 551 g/mol. The largest absolute Gasteiger partial charge is 0.367 e. The van der Waals surface area contributed by atoms with Gasteiger partial charge < -0.3 is 14.9 Å². The molecule has 202 valence electrons. The van der Waals surface area contributed by atoms with Gasteiger partial charge in [-0.3, -0.25) is 4.98 Å². The number of halogens is 3. The molecule has 2 aliphatic rings. The molecule has 6 rings (SSSR count). The van der Waals surface area contributed by atoms with Crippen molar-refractivity contribution in [3.8, 4) is 28.1 Å². The number of nitrogens with one attached hydrogen (secondary N) is 2. The zero-order chi connectivity index (χ0) is 26.8. The second-order valence-corrected chi connectivity index (χ2v) is 11.0. The fraction of sp³-hybridized carbons (Fsp3) is 0.310. The molecule has 0 unspecified atom stereocenters. The molecule has 0 bridgehead atoms. The minimum atomic E-state index is -0.558. The molecular weight excluding hydrogens is 521 g/mol. The molecule has 2 N–H and O–H groups in total. The third-order valence-electron chi connectivity index (χ3n) is 7.29. The number of hydrogen-bond donors (Lipinski definition) is 2. The minimum Gasteiger partial charge on any atom is -0.367 e. The van der Waals surface area contributed by atoms with Crippen LogP contribution in [0.15, 0.2) is 61.1 Å². The van der Waals surface area contributed by atoms with Gasteiger partial charge in [-0.2, -0.15) is 5.10 Å². The van der Waals surface area contributed by atoms with E-state index in [1.54, 1.807) is 42.9 Å². The van der Waals surface area contributed by atoms with Crippen molar-refractivity contribution in [3.63, 3.8) is 0 Å². The maximum atomic E-state index is 15.9. The summed E-state index contributed by atoms with van der Waals surface area (Å²) >= 11 is 1.45. The first-order chi connectivity index (χ1) is 19.1. The highest BCUT2D eigenvalue weighted by Crippen LogP contribution is 2.38. The van der Waals surface area contributed by atoms with E-state index in [4.69, 9.17) is 5.10 Å². The summed E-state index contributed by atoms with van der Waals surface area (Å²) in [7, 11) is 0. The van der Waals surface area contributed by atoms with E-state index in [-0.39, 0.29) is 17.1 Å². The van der Waals surface area contributed by atoms with Crippen LogP contribution in [0.5, 0.6) is 0 Å². The average Bonchev–Trinajstić information content (AvgIpc) is 3.65. The third kappa shape index (κ3) is 5.49. The molecule has 3 heterocycles. The highest BCUT2D eigenvalue weighted by Gasteiger charge is 2.23. The smallest absolute Gasteiger partial charge is 0.155 e. The maximum absolute atomic E-state index is 15.9. The summed E-state index contributed by atoms with van der Waals surface area (Å²) in [6, 6.07) is 10.8. The van der Waals surface area contributed by atoms with Crippen LogP contribution in [0.25, 0.3) is 28.1 Å².